The van der Waals surface area contributed by atoms with Crippen LogP contribution in [0, 0.1) is 12.8 Å². The van der Waals surface area contributed by atoms with Crippen LogP contribution in [-0.2, 0) is 17.4 Å². The zero-order valence-corrected chi connectivity index (χ0v) is 22.7. The Balaban J connectivity index is 1.41. The third kappa shape index (κ3) is 8.04. The predicted octanol–water partition coefficient (Wildman–Crippen LogP) is 6.00. The summed E-state index contributed by atoms with van der Waals surface area (Å²) in [5, 5.41) is 12.6. The number of aryl methyl sites for hydroxylation is 1. The molecule has 1 aliphatic carbocycles. The number of carbonyl (C=O) groups is 2. The van der Waals surface area contributed by atoms with Gasteiger partial charge in [0.2, 0.25) is 18.0 Å². The van der Waals surface area contributed by atoms with Gasteiger partial charge in [0, 0.05) is 25.1 Å². The highest BCUT2D eigenvalue weighted by atomic mass is 19.4. The Morgan fingerprint density at radius 1 is 1.12 bits per heavy atom. The van der Waals surface area contributed by atoms with E-state index in [9.17, 15) is 22.8 Å². The first-order valence-corrected chi connectivity index (χ1v) is 13.1. The molecule has 2 atom stereocenters. The lowest BCUT2D eigenvalue weighted by atomic mass is 9.85. The van der Waals surface area contributed by atoms with Gasteiger partial charge in [-0.2, -0.15) is 13.2 Å². The molecule has 0 bridgehead atoms. The van der Waals surface area contributed by atoms with Gasteiger partial charge in [-0.25, -0.2) is 0 Å². The second kappa shape index (κ2) is 12.5. The highest BCUT2D eigenvalue weighted by Gasteiger charge is 2.32. The van der Waals surface area contributed by atoms with Crippen LogP contribution in [0.5, 0.6) is 0 Å². The van der Waals surface area contributed by atoms with Crippen molar-refractivity contribution >= 4 is 29.2 Å². The largest absolute Gasteiger partial charge is 0.424 e. The van der Waals surface area contributed by atoms with Crippen LogP contribution in [0.1, 0.15) is 48.4 Å². The molecule has 2 N–H and O–H groups in total. The molecule has 0 saturated heterocycles. The van der Waals surface area contributed by atoms with E-state index < -0.39 is 23.7 Å². The summed E-state index contributed by atoms with van der Waals surface area (Å²) in [5.41, 5.74) is 0.331. The highest BCUT2D eigenvalue weighted by Crippen LogP contribution is 2.34. The second-order valence-electron chi connectivity index (χ2n) is 10.5. The van der Waals surface area contributed by atoms with Gasteiger partial charge < -0.3 is 25.4 Å². The number of halogens is 3. The molecule has 0 spiro atoms. The van der Waals surface area contributed by atoms with Crippen LogP contribution in [0.4, 0.5) is 35.2 Å². The Hall–Kier alpha value is -3.93. The second-order valence-corrected chi connectivity index (χ2v) is 10.5. The van der Waals surface area contributed by atoms with Crippen molar-refractivity contribution in [3.05, 3.63) is 70.7 Å². The maximum atomic E-state index is 13.6. The Bertz CT molecular complexity index is 1340. The number of hydrogen-bond donors (Lipinski definition) is 2. The lowest BCUT2D eigenvalue weighted by Gasteiger charge is -2.26. The van der Waals surface area contributed by atoms with Gasteiger partial charge in [0.05, 0.1) is 12.0 Å². The molecule has 3 aromatic rings. The molecule has 1 heterocycles. The fourth-order valence-electron chi connectivity index (χ4n) is 5.03. The summed E-state index contributed by atoms with van der Waals surface area (Å²) in [7, 11) is 4.07. The zero-order valence-electron chi connectivity index (χ0n) is 22.7. The molecule has 12 heteroatoms. The summed E-state index contributed by atoms with van der Waals surface area (Å²) in [5.74, 6) is -0.0303. The minimum atomic E-state index is -4.70. The van der Waals surface area contributed by atoms with Crippen molar-refractivity contribution in [3.8, 4) is 0 Å². The number of nitrogens with one attached hydrogen (secondary N) is 2. The molecule has 1 aromatic heterocycles. The van der Waals surface area contributed by atoms with Crippen LogP contribution in [0.2, 0.25) is 0 Å². The van der Waals surface area contributed by atoms with Gasteiger partial charge in [-0.15, -0.1) is 0 Å². The topological polar surface area (TPSA) is 105 Å². The number of carbonyl (C=O) groups excluding carboxylic acids is 2. The van der Waals surface area contributed by atoms with Crippen LogP contribution in [0.25, 0.3) is 5.32 Å². The molecule has 3 amide bonds. The van der Waals surface area contributed by atoms with E-state index in [1.54, 1.807) is 16.8 Å². The van der Waals surface area contributed by atoms with Crippen molar-refractivity contribution in [2.24, 2.45) is 5.92 Å². The van der Waals surface area contributed by atoms with E-state index in [1.165, 1.54) is 12.3 Å². The van der Waals surface area contributed by atoms with Crippen molar-refractivity contribution in [1.82, 2.24) is 10.2 Å². The van der Waals surface area contributed by atoms with E-state index in [0.29, 0.717) is 5.92 Å². The Morgan fingerprint density at radius 2 is 1.85 bits per heavy atom. The van der Waals surface area contributed by atoms with Gasteiger partial charge in [-0.1, -0.05) is 28.9 Å². The quantitative estimate of drug-likeness (QED) is 0.330. The van der Waals surface area contributed by atoms with E-state index in [4.69, 9.17) is 4.52 Å². The van der Waals surface area contributed by atoms with Crippen molar-refractivity contribution in [2.75, 3.05) is 31.3 Å². The maximum absolute atomic E-state index is 13.6. The number of benzene rings is 2. The number of aromatic nitrogens is 2. The molecule has 214 valence electrons. The first kappa shape index (κ1) is 29.1. The standard InChI is InChI=1S/C28H33F3N6O3/c1-18-7-4-5-9-20(18)12-25(38)32-22-13-21(28(29,30)31)14-23(15-22)33-27(39)34-26-17-37(35-40-26)24-10-6-8-19(11-24)16-36(2)3/h4-5,7,9,13-15,17,19,24H,6,8,10-12,16H2,1-3H3,(H2-,32,33,34,35,38,39)/t19-,24+/m1/s1. The van der Waals surface area contributed by atoms with Crippen LogP contribution < -0.4 is 15.3 Å². The zero-order chi connectivity index (χ0) is 28.9. The number of rotatable bonds is 8. The first-order chi connectivity index (χ1) is 19.0. The molecule has 0 aliphatic heterocycles. The number of anilines is 2. The minimum absolute atomic E-state index is 0.0116. The van der Waals surface area contributed by atoms with Crippen molar-refractivity contribution < 1.29 is 32.0 Å². The third-order valence-electron chi connectivity index (χ3n) is 6.84. The first-order valence-electron chi connectivity index (χ1n) is 13.1. The molecule has 1 fully saturated rings. The Kier molecular flexibility index (Phi) is 9.08. The molecule has 1 aliphatic rings. The molecule has 0 radical (unpaired) electrons. The van der Waals surface area contributed by atoms with Crippen molar-refractivity contribution in [3.63, 3.8) is 0 Å². The van der Waals surface area contributed by atoms with Gasteiger partial charge in [0.15, 0.2) is 17.3 Å². The summed E-state index contributed by atoms with van der Waals surface area (Å²) < 4.78 is 47.6. The molecule has 1 saturated carbocycles. The smallest absolute Gasteiger partial charge is 0.416 e. The van der Waals surface area contributed by atoms with Crippen LogP contribution in [0.3, 0.4) is 0 Å². The van der Waals surface area contributed by atoms with Crippen LogP contribution in [0.15, 0.2) is 53.2 Å². The molecule has 0 unspecified atom stereocenters. The van der Waals surface area contributed by atoms with Gasteiger partial charge in [0.1, 0.15) is 0 Å². The van der Waals surface area contributed by atoms with Gasteiger partial charge >= 0.3 is 6.18 Å². The average Bonchev–Trinajstić information content (AvgIpc) is 3.33. The van der Waals surface area contributed by atoms with Crippen molar-refractivity contribution in [1.29, 1.82) is 0 Å². The predicted molar refractivity (Wildman–Crippen MR) is 143 cm³/mol. The molecular formula is C28H33F3N6O3. The average molecular weight is 559 g/mol. The monoisotopic (exact) mass is 558 g/mol. The lowest BCUT2D eigenvalue weighted by Crippen LogP contribution is -2.44. The Labute approximate surface area is 230 Å². The fourth-order valence-corrected chi connectivity index (χ4v) is 5.03. The van der Waals surface area contributed by atoms with Gasteiger partial charge in [-0.3, -0.25) is 9.59 Å². The molecule has 4 rings (SSSR count). The fraction of sp³-hybridized carbons (Fsp3) is 0.429. The molecule has 9 nitrogen and oxygen atoms in total. The lowest BCUT2D eigenvalue weighted by molar-refractivity contribution is -0.788. The summed E-state index contributed by atoms with van der Waals surface area (Å²) in [6.07, 6.45) is 0.842. The number of alkyl halides is 3. The third-order valence-corrected chi connectivity index (χ3v) is 6.84. The summed E-state index contributed by atoms with van der Waals surface area (Å²) in [6, 6.07) is 9.25. The van der Waals surface area contributed by atoms with E-state index in [0.717, 1.165) is 55.5 Å². The molecule has 2 aromatic carbocycles. The molecular weight excluding hydrogens is 525 g/mol. The summed E-state index contributed by atoms with van der Waals surface area (Å²) in [4.78, 5) is 27.3. The van der Waals surface area contributed by atoms with E-state index in [-0.39, 0.29) is 29.7 Å². The molecule has 40 heavy (non-hydrogen) atoms. The Morgan fingerprint density at radius 3 is 2.55 bits per heavy atom. The van der Waals surface area contributed by atoms with Crippen LogP contribution >= 0.6 is 0 Å². The maximum Gasteiger partial charge on any atom is 0.416 e. The number of amides is 3. The van der Waals surface area contributed by atoms with Crippen molar-refractivity contribution in [2.45, 2.75) is 51.2 Å². The number of urea groups is 1. The normalized spacial score (nSPS) is 17.5. The minimum Gasteiger partial charge on any atom is -0.424 e. The van der Waals surface area contributed by atoms with E-state index in [1.807, 2.05) is 33.2 Å². The van der Waals surface area contributed by atoms with Gasteiger partial charge in [0.25, 0.3) is 0 Å². The summed E-state index contributed by atoms with van der Waals surface area (Å²) in [6.45, 7) is 2.82. The van der Waals surface area contributed by atoms with E-state index >= 15 is 0 Å². The number of hydrogen-bond acceptors (Lipinski definition) is 5. The summed E-state index contributed by atoms with van der Waals surface area (Å²) >= 11 is 0. The van der Waals surface area contributed by atoms with E-state index in [2.05, 4.69) is 26.1 Å². The van der Waals surface area contributed by atoms with Crippen LogP contribution in [-0.4, -0.2) is 42.7 Å². The highest BCUT2D eigenvalue weighted by molar-refractivity contribution is 6.04. The van der Waals surface area contributed by atoms with Gasteiger partial charge in [-0.05, 0) is 74.8 Å². The SMILES string of the molecule is Cc1ccccc1CC(=O)Nc1cc(NC(=O)[N-]c2c[n+]([C@H]3CCC[C@@H](CN(C)C)C3)no2)cc(C(F)(F)F)c1. The number of nitrogens with zero attached hydrogens (tertiary/aromatic N) is 4.